The monoisotopic (exact) mass is 271 g/mol. The summed E-state index contributed by atoms with van der Waals surface area (Å²) in [4.78, 5) is 0. The highest BCUT2D eigenvalue weighted by Crippen LogP contribution is 2.44. The van der Waals surface area contributed by atoms with E-state index in [1.54, 1.807) is 0 Å². The molecule has 2 aliphatic carbocycles. The molecule has 110 valence electrons. The SMILES string of the molecule is Cc1ccc(CCC2(CCNC3CC3)CCCC2)cc1. The van der Waals surface area contributed by atoms with Crippen LogP contribution >= 0.6 is 0 Å². The molecular weight excluding hydrogens is 242 g/mol. The van der Waals surface area contributed by atoms with Crippen molar-refractivity contribution >= 4 is 0 Å². The number of hydrogen-bond acceptors (Lipinski definition) is 1. The van der Waals surface area contributed by atoms with Crippen molar-refractivity contribution in [2.45, 2.75) is 70.8 Å². The van der Waals surface area contributed by atoms with E-state index in [1.807, 2.05) is 0 Å². The van der Waals surface area contributed by atoms with Crippen molar-refractivity contribution in [2.75, 3.05) is 6.54 Å². The molecular formula is C19H29N. The van der Waals surface area contributed by atoms with Crippen LogP contribution in [0, 0.1) is 12.3 Å². The molecule has 2 saturated carbocycles. The largest absolute Gasteiger partial charge is 0.314 e. The van der Waals surface area contributed by atoms with Crippen LogP contribution in [0.4, 0.5) is 0 Å². The van der Waals surface area contributed by atoms with E-state index >= 15 is 0 Å². The van der Waals surface area contributed by atoms with Gasteiger partial charge in [-0.15, -0.1) is 0 Å². The molecule has 1 aromatic rings. The van der Waals surface area contributed by atoms with E-state index in [4.69, 9.17) is 0 Å². The van der Waals surface area contributed by atoms with E-state index in [0.717, 1.165) is 6.04 Å². The summed E-state index contributed by atoms with van der Waals surface area (Å²) in [5, 5.41) is 3.71. The van der Waals surface area contributed by atoms with Gasteiger partial charge in [-0.3, -0.25) is 0 Å². The molecule has 0 amide bonds. The lowest BCUT2D eigenvalue weighted by Crippen LogP contribution is -2.26. The van der Waals surface area contributed by atoms with E-state index in [0.29, 0.717) is 5.41 Å². The topological polar surface area (TPSA) is 12.0 Å². The molecule has 1 aromatic carbocycles. The number of aryl methyl sites for hydroxylation is 2. The Hall–Kier alpha value is -0.820. The molecule has 0 atom stereocenters. The Balaban J connectivity index is 1.51. The van der Waals surface area contributed by atoms with Crippen molar-refractivity contribution in [1.29, 1.82) is 0 Å². The summed E-state index contributed by atoms with van der Waals surface area (Å²) < 4.78 is 0. The maximum Gasteiger partial charge on any atom is 0.00682 e. The van der Waals surface area contributed by atoms with Crippen LogP contribution < -0.4 is 5.32 Å². The van der Waals surface area contributed by atoms with Gasteiger partial charge in [0.25, 0.3) is 0 Å². The third-order valence-electron chi connectivity index (χ3n) is 5.39. The number of benzene rings is 1. The summed E-state index contributed by atoms with van der Waals surface area (Å²) in [7, 11) is 0. The Bertz CT molecular complexity index is 410. The first-order valence-electron chi connectivity index (χ1n) is 8.55. The Morgan fingerprint density at radius 3 is 2.40 bits per heavy atom. The van der Waals surface area contributed by atoms with Gasteiger partial charge < -0.3 is 5.32 Å². The highest BCUT2D eigenvalue weighted by atomic mass is 14.9. The average Bonchev–Trinajstić information content (AvgIpc) is 3.16. The van der Waals surface area contributed by atoms with Gasteiger partial charge in [0.05, 0.1) is 0 Å². The molecule has 1 heteroatoms. The van der Waals surface area contributed by atoms with Crippen LogP contribution in [0.1, 0.15) is 62.5 Å². The molecule has 0 unspecified atom stereocenters. The first kappa shape index (κ1) is 14.1. The second-order valence-corrected chi connectivity index (χ2v) is 7.17. The van der Waals surface area contributed by atoms with Gasteiger partial charge in [-0.2, -0.15) is 0 Å². The van der Waals surface area contributed by atoms with Crippen LogP contribution in [0.2, 0.25) is 0 Å². The zero-order valence-corrected chi connectivity index (χ0v) is 13.0. The van der Waals surface area contributed by atoms with E-state index in [-0.39, 0.29) is 0 Å². The highest BCUT2D eigenvalue weighted by Gasteiger charge is 2.33. The van der Waals surface area contributed by atoms with Crippen LogP contribution in [0.5, 0.6) is 0 Å². The molecule has 0 aromatic heterocycles. The molecule has 2 aliphatic rings. The van der Waals surface area contributed by atoms with Gasteiger partial charge in [0, 0.05) is 6.04 Å². The van der Waals surface area contributed by atoms with Crippen molar-refractivity contribution in [3.05, 3.63) is 35.4 Å². The summed E-state index contributed by atoms with van der Waals surface area (Å²) >= 11 is 0. The Morgan fingerprint density at radius 2 is 1.75 bits per heavy atom. The first-order chi connectivity index (χ1) is 9.76. The van der Waals surface area contributed by atoms with Crippen LogP contribution in [-0.2, 0) is 6.42 Å². The minimum atomic E-state index is 0.646. The van der Waals surface area contributed by atoms with Crippen molar-refractivity contribution in [3.8, 4) is 0 Å². The highest BCUT2D eigenvalue weighted by molar-refractivity contribution is 5.21. The molecule has 2 fully saturated rings. The number of hydrogen-bond donors (Lipinski definition) is 1. The lowest BCUT2D eigenvalue weighted by atomic mass is 9.77. The van der Waals surface area contributed by atoms with Crippen LogP contribution in [0.3, 0.4) is 0 Å². The zero-order chi connectivity index (χ0) is 13.8. The van der Waals surface area contributed by atoms with Crippen molar-refractivity contribution in [2.24, 2.45) is 5.41 Å². The van der Waals surface area contributed by atoms with Gasteiger partial charge in [0.2, 0.25) is 0 Å². The van der Waals surface area contributed by atoms with Gasteiger partial charge in [0.1, 0.15) is 0 Å². The van der Waals surface area contributed by atoms with Gasteiger partial charge in [0.15, 0.2) is 0 Å². The molecule has 0 spiro atoms. The van der Waals surface area contributed by atoms with E-state index in [9.17, 15) is 0 Å². The third kappa shape index (κ3) is 3.85. The molecule has 0 aliphatic heterocycles. The first-order valence-corrected chi connectivity index (χ1v) is 8.55. The van der Waals surface area contributed by atoms with Crippen LogP contribution in [-0.4, -0.2) is 12.6 Å². The molecule has 20 heavy (non-hydrogen) atoms. The molecule has 1 nitrogen and oxygen atoms in total. The minimum absolute atomic E-state index is 0.646. The van der Waals surface area contributed by atoms with Crippen LogP contribution in [0.25, 0.3) is 0 Å². The lowest BCUT2D eigenvalue weighted by molar-refractivity contribution is 0.245. The summed E-state index contributed by atoms with van der Waals surface area (Å²) in [5.74, 6) is 0. The molecule has 0 saturated heterocycles. The summed E-state index contributed by atoms with van der Waals surface area (Å²) in [6.45, 7) is 3.42. The van der Waals surface area contributed by atoms with Gasteiger partial charge >= 0.3 is 0 Å². The second-order valence-electron chi connectivity index (χ2n) is 7.17. The van der Waals surface area contributed by atoms with E-state index < -0.39 is 0 Å². The molecule has 0 heterocycles. The van der Waals surface area contributed by atoms with Gasteiger partial charge in [-0.05, 0) is 69.4 Å². The minimum Gasteiger partial charge on any atom is -0.314 e. The fourth-order valence-electron chi connectivity index (χ4n) is 3.74. The zero-order valence-electron chi connectivity index (χ0n) is 13.0. The lowest BCUT2D eigenvalue weighted by Gasteiger charge is -2.29. The molecule has 3 rings (SSSR count). The van der Waals surface area contributed by atoms with Gasteiger partial charge in [-0.25, -0.2) is 0 Å². The molecule has 0 radical (unpaired) electrons. The van der Waals surface area contributed by atoms with Crippen molar-refractivity contribution < 1.29 is 0 Å². The second kappa shape index (κ2) is 6.30. The number of nitrogens with one attached hydrogen (secondary N) is 1. The fourth-order valence-corrected chi connectivity index (χ4v) is 3.74. The predicted molar refractivity (Wildman–Crippen MR) is 86.0 cm³/mol. The molecule has 1 N–H and O–H groups in total. The van der Waals surface area contributed by atoms with E-state index in [1.165, 1.54) is 75.5 Å². The standard InChI is InChI=1S/C19H29N/c1-16-4-6-17(7-5-16)10-13-19(11-2-3-12-19)14-15-20-18-8-9-18/h4-7,18,20H,2-3,8-15H2,1H3. The number of rotatable bonds is 7. The maximum atomic E-state index is 3.71. The van der Waals surface area contributed by atoms with Gasteiger partial charge in [-0.1, -0.05) is 42.7 Å². The summed E-state index contributed by atoms with van der Waals surface area (Å²) in [5.41, 5.74) is 3.54. The summed E-state index contributed by atoms with van der Waals surface area (Å²) in [6, 6.07) is 10.0. The van der Waals surface area contributed by atoms with Crippen molar-refractivity contribution in [1.82, 2.24) is 5.32 Å². The Morgan fingerprint density at radius 1 is 1.05 bits per heavy atom. The third-order valence-corrected chi connectivity index (χ3v) is 5.39. The Labute approximate surface area is 124 Å². The average molecular weight is 271 g/mol. The summed E-state index contributed by atoms with van der Waals surface area (Å²) in [6.07, 6.45) is 12.7. The van der Waals surface area contributed by atoms with Crippen molar-refractivity contribution in [3.63, 3.8) is 0 Å². The predicted octanol–water partition coefficient (Wildman–Crippen LogP) is 4.63. The van der Waals surface area contributed by atoms with E-state index in [2.05, 4.69) is 36.5 Å². The maximum absolute atomic E-state index is 3.71. The Kier molecular flexibility index (Phi) is 4.45. The van der Waals surface area contributed by atoms with Crippen LogP contribution in [0.15, 0.2) is 24.3 Å². The molecule has 0 bridgehead atoms. The quantitative estimate of drug-likeness (QED) is 0.762. The smallest absolute Gasteiger partial charge is 0.00682 e. The normalized spacial score (nSPS) is 21.2. The fraction of sp³-hybridized carbons (Fsp3) is 0.684.